The van der Waals surface area contributed by atoms with Crippen LogP contribution in [0, 0.1) is 0 Å². The van der Waals surface area contributed by atoms with Gasteiger partial charge in [0.05, 0.1) is 0 Å². The summed E-state index contributed by atoms with van der Waals surface area (Å²) in [4.78, 5) is 4.25. The summed E-state index contributed by atoms with van der Waals surface area (Å²) in [6.07, 6.45) is 3.83. The molecule has 0 saturated carbocycles. The highest BCUT2D eigenvalue weighted by Crippen LogP contribution is 2.01. The SMILES string of the molecule is CCc1ccc(CCCl)nc1. The van der Waals surface area contributed by atoms with Crippen LogP contribution in [0.15, 0.2) is 18.3 Å². The van der Waals surface area contributed by atoms with Gasteiger partial charge < -0.3 is 0 Å². The van der Waals surface area contributed by atoms with E-state index in [0.29, 0.717) is 5.88 Å². The van der Waals surface area contributed by atoms with Gasteiger partial charge in [-0.25, -0.2) is 0 Å². The van der Waals surface area contributed by atoms with Crippen molar-refractivity contribution < 1.29 is 0 Å². The number of aromatic nitrogens is 1. The van der Waals surface area contributed by atoms with Crippen LogP contribution >= 0.6 is 11.6 Å². The molecular formula is C9H12ClN. The zero-order valence-electron chi connectivity index (χ0n) is 6.68. The molecule has 0 atom stereocenters. The molecule has 0 fully saturated rings. The van der Waals surface area contributed by atoms with E-state index in [-0.39, 0.29) is 0 Å². The van der Waals surface area contributed by atoms with Crippen molar-refractivity contribution >= 4 is 11.6 Å². The van der Waals surface area contributed by atoms with Crippen molar-refractivity contribution in [1.82, 2.24) is 4.98 Å². The smallest absolute Gasteiger partial charge is 0.0415 e. The fraction of sp³-hybridized carbons (Fsp3) is 0.444. The topological polar surface area (TPSA) is 12.9 Å². The predicted molar refractivity (Wildman–Crippen MR) is 48.0 cm³/mol. The number of halogens is 1. The first-order valence-corrected chi connectivity index (χ1v) is 4.40. The van der Waals surface area contributed by atoms with Crippen molar-refractivity contribution in [2.24, 2.45) is 0 Å². The molecule has 11 heavy (non-hydrogen) atoms. The summed E-state index contributed by atoms with van der Waals surface area (Å²) in [7, 11) is 0. The summed E-state index contributed by atoms with van der Waals surface area (Å²) in [5, 5.41) is 0. The second-order valence-electron chi connectivity index (χ2n) is 2.45. The predicted octanol–water partition coefficient (Wildman–Crippen LogP) is 2.43. The number of alkyl halides is 1. The molecule has 0 aromatic carbocycles. The number of pyridine rings is 1. The van der Waals surface area contributed by atoms with E-state index in [1.165, 1.54) is 5.56 Å². The van der Waals surface area contributed by atoms with Crippen LogP contribution in [-0.4, -0.2) is 10.9 Å². The average Bonchev–Trinajstić information content (AvgIpc) is 2.07. The van der Waals surface area contributed by atoms with Crippen LogP contribution in [0.1, 0.15) is 18.2 Å². The molecule has 1 aromatic rings. The summed E-state index contributed by atoms with van der Waals surface area (Å²) in [6, 6.07) is 4.15. The second kappa shape index (κ2) is 4.35. The zero-order valence-corrected chi connectivity index (χ0v) is 7.43. The molecule has 1 rings (SSSR count). The molecule has 1 aromatic heterocycles. The van der Waals surface area contributed by atoms with Gasteiger partial charge in [-0.3, -0.25) is 4.98 Å². The van der Waals surface area contributed by atoms with Crippen LogP contribution in [0.2, 0.25) is 0 Å². The second-order valence-corrected chi connectivity index (χ2v) is 2.83. The molecule has 0 bridgehead atoms. The Bertz CT molecular complexity index is 205. The molecule has 0 amide bonds. The summed E-state index contributed by atoms with van der Waals surface area (Å²) in [6.45, 7) is 2.12. The number of hydrogen-bond acceptors (Lipinski definition) is 1. The molecule has 2 heteroatoms. The molecule has 0 N–H and O–H groups in total. The molecule has 60 valence electrons. The summed E-state index contributed by atoms with van der Waals surface area (Å²) < 4.78 is 0. The van der Waals surface area contributed by atoms with Crippen molar-refractivity contribution in [2.45, 2.75) is 19.8 Å². The van der Waals surface area contributed by atoms with Crippen molar-refractivity contribution in [1.29, 1.82) is 0 Å². The lowest BCUT2D eigenvalue weighted by Crippen LogP contribution is -1.91. The van der Waals surface area contributed by atoms with E-state index < -0.39 is 0 Å². The number of aryl methyl sites for hydroxylation is 2. The van der Waals surface area contributed by atoms with E-state index in [1.807, 2.05) is 12.3 Å². The van der Waals surface area contributed by atoms with E-state index in [4.69, 9.17) is 11.6 Å². The lowest BCUT2D eigenvalue weighted by Gasteiger charge is -1.97. The fourth-order valence-electron chi connectivity index (χ4n) is 0.909. The Morgan fingerprint density at radius 2 is 2.27 bits per heavy atom. The van der Waals surface area contributed by atoms with Crippen LogP contribution in [0.5, 0.6) is 0 Å². The van der Waals surface area contributed by atoms with E-state index in [1.54, 1.807) is 0 Å². The van der Waals surface area contributed by atoms with Crippen LogP contribution in [0.4, 0.5) is 0 Å². The number of rotatable bonds is 3. The van der Waals surface area contributed by atoms with Gasteiger partial charge in [0.25, 0.3) is 0 Å². The first-order chi connectivity index (χ1) is 5.36. The van der Waals surface area contributed by atoms with E-state index in [0.717, 1.165) is 18.5 Å². The Labute approximate surface area is 72.4 Å². The quantitative estimate of drug-likeness (QED) is 0.634. The fourth-order valence-corrected chi connectivity index (χ4v) is 1.10. The van der Waals surface area contributed by atoms with E-state index >= 15 is 0 Å². The Balaban J connectivity index is 2.66. The Morgan fingerprint density at radius 1 is 1.45 bits per heavy atom. The van der Waals surface area contributed by atoms with Gasteiger partial charge >= 0.3 is 0 Å². The summed E-state index contributed by atoms with van der Waals surface area (Å²) >= 11 is 5.57. The van der Waals surface area contributed by atoms with Crippen LogP contribution in [0.3, 0.4) is 0 Å². The average molecular weight is 170 g/mol. The van der Waals surface area contributed by atoms with E-state index in [2.05, 4.69) is 18.0 Å². The van der Waals surface area contributed by atoms with Gasteiger partial charge in [0.1, 0.15) is 0 Å². The Morgan fingerprint density at radius 3 is 2.73 bits per heavy atom. The molecule has 0 aliphatic carbocycles. The third kappa shape index (κ3) is 2.51. The minimum atomic E-state index is 0.651. The molecule has 0 unspecified atom stereocenters. The highest BCUT2D eigenvalue weighted by Gasteiger charge is 1.92. The number of nitrogens with zero attached hydrogens (tertiary/aromatic N) is 1. The third-order valence-corrected chi connectivity index (χ3v) is 1.83. The highest BCUT2D eigenvalue weighted by molar-refractivity contribution is 6.17. The standard InChI is InChI=1S/C9H12ClN/c1-2-8-3-4-9(5-6-10)11-7-8/h3-4,7H,2,5-6H2,1H3. The maximum Gasteiger partial charge on any atom is 0.0415 e. The zero-order chi connectivity index (χ0) is 8.10. The molecule has 0 saturated heterocycles. The van der Waals surface area contributed by atoms with Crippen molar-refractivity contribution in [3.8, 4) is 0 Å². The van der Waals surface area contributed by atoms with Crippen molar-refractivity contribution in [3.05, 3.63) is 29.6 Å². The Kier molecular flexibility index (Phi) is 3.37. The lowest BCUT2D eigenvalue weighted by molar-refractivity contribution is 1.01. The van der Waals surface area contributed by atoms with Crippen LogP contribution in [0.25, 0.3) is 0 Å². The molecule has 1 nitrogen and oxygen atoms in total. The number of hydrogen-bond donors (Lipinski definition) is 0. The summed E-state index contributed by atoms with van der Waals surface area (Å²) in [5.74, 6) is 0.651. The molecule has 0 radical (unpaired) electrons. The molecule has 1 heterocycles. The largest absolute Gasteiger partial charge is 0.261 e. The monoisotopic (exact) mass is 169 g/mol. The molecule has 0 aliphatic rings. The maximum atomic E-state index is 5.57. The van der Waals surface area contributed by atoms with Gasteiger partial charge in [0, 0.05) is 24.2 Å². The highest BCUT2D eigenvalue weighted by atomic mass is 35.5. The van der Waals surface area contributed by atoms with Crippen LogP contribution in [-0.2, 0) is 12.8 Å². The first-order valence-electron chi connectivity index (χ1n) is 3.86. The Hall–Kier alpha value is -0.560. The normalized spacial score (nSPS) is 10.0. The van der Waals surface area contributed by atoms with Crippen LogP contribution < -0.4 is 0 Å². The third-order valence-electron chi connectivity index (χ3n) is 1.64. The van der Waals surface area contributed by atoms with Gasteiger partial charge in [-0.05, 0) is 18.1 Å². The van der Waals surface area contributed by atoms with Gasteiger partial charge in [-0.15, -0.1) is 11.6 Å². The lowest BCUT2D eigenvalue weighted by atomic mass is 10.2. The molecule has 0 aliphatic heterocycles. The van der Waals surface area contributed by atoms with Crippen molar-refractivity contribution in [3.63, 3.8) is 0 Å². The minimum absolute atomic E-state index is 0.651. The molecular weight excluding hydrogens is 158 g/mol. The van der Waals surface area contributed by atoms with Gasteiger partial charge in [0.2, 0.25) is 0 Å². The summed E-state index contributed by atoms with van der Waals surface area (Å²) in [5.41, 5.74) is 2.36. The van der Waals surface area contributed by atoms with E-state index in [9.17, 15) is 0 Å². The van der Waals surface area contributed by atoms with Gasteiger partial charge in [-0.1, -0.05) is 13.0 Å². The van der Waals surface area contributed by atoms with Gasteiger partial charge in [0.15, 0.2) is 0 Å². The molecule has 0 spiro atoms. The van der Waals surface area contributed by atoms with Crippen molar-refractivity contribution in [2.75, 3.05) is 5.88 Å². The maximum absolute atomic E-state index is 5.57. The van der Waals surface area contributed by atoms with Gasteiger partial charge in [-0.2, -0.15) is 0 Å². The minimum Gasteiger partial charge on any atom is -0.261 e. The first kappa shape index (κ1) is 8.54.